The average molecular weight is 274 g/mol. The van der Waals surface area contributed by atoms with E-state index >= 15 is 0 Å². The molecule has 0 bridgehead atoms. The highest BCUT2D eigenvalue weighted by atomic mass is 79.9. The van der Waals surface area contributed by atoms with Crippen LogP contribution in [0.5, 0.6) is 0 Å². The fraction of sp³-hybridized carbons (Fsp3) is 0.600. The highest BCUT2D eigenvalue weighted by molar-refractivity contribution is 9.09. The maximum absolute atomic E-state index is 11.8. The van der Waals surface area contributed by atoms with Crippen LogP contribution in [0.4, 0.5) is 5.82 Å². The Kier molecular flexibility index (Phi) is 3.54. The standard InChI is InChI=1S/C10H16BrN3O/c1-10(2,7-11)14(4)8-9(15)13(3)6-5-12-8/h5-6H,7H2,1-4H3. The summed E-state index contributed by atoms with van der Waals surface area (Å²) in [5, 5.41) is 0.774. The Balaban J connectivity index is 3.18. The van der Waals surface area contributed by atoms with Crippen molar-refractivity contribution < 1.29 is 0 Å². The van der Waals surface area contributed by atoms with E-state index in [0.29, 0.717) is 5.82 Å². The van der Waals surface area contributed by atoms with E-state index in [1.807, 2.05) is 11.9 Å². The molecule has 0 aliphatic rings. The van der Waals surface area contributed by atoms with Crippen molar-refractivity contribution in [1.82, 2.24) is 9.55 Å². The Bertz CT molecular complexity index is 400. The number of hydrogen-bond acceptors (Lipinski definition) is 3. The summed E-state index contributed by atoms with van der Waals surface area (Å²) in [6, 6.07) is 0. The summed E-state index contributed by atoms with van der Waals surface area (Å²) in [6.07, 6.45) is 3.29. The van der Waals surface area contributed by atoms with Gasteiger partial charge < -0.3 is 9.47 Å². The molecule has 0 atom stereocenters. The number of halogens is 1. The van der Waals surface area contributed by atoms with Gasteiger partial charge in [0, 0.05) is 37.4 Å². The van der Waals surface area contributed by atoms with Crippen LogP contribution >= 0.6 is 15.9 Å². The van der Waals surface area contributed by atoms with Crippen LogP contribution in [0.25, 0.3) is 0 Å². The molecule has 0 amide bonds. The highest BCUT2D eigenvalue weighted by Crippen LogP contribution is 2.18. The first kappa shape index (κ1) is 12.2. The smallest absolute Gasteiger partial charge is 0.293 e. The Morgan fingerprint density at radius 3 is 2.73 bits per heavy atom. The summed E-state index contributed by atoms with van der Waals surface area (Å²) in [5.41, 5.74) is -0.213. The van der Waals surface area contributed by atoms with E-state index in [-0.39, 0.29) is 11.1 Å². The van der Waals surface area contributed by atoms with Crippen molar-refractivity contribution in [3.05, 3.63) is 22.7 Å². The Morgan fingerprint density at radius 2 is 2.20 bits per heavy atom. The molecule has 1 aromatic heterocycles. The van der Waals surface area contributed by atoms with Crippen molar-refractivity contribution >= 4 is 21.7 Å². The van der Waals surface area contributed by atoms with Gasteiger partial charge in [-0.1, -0.05) is 15.9 Å². The molecule has 0 spiro atoms. The lowest BCUT2D eigenvalue weighted by Gasteiger charge is -2.34. The zero-order chi connectivity index (χ0) is 11.6. The number of rotatable bonds is 3. The number of hydrogen-bond donors (Lipinski definition) is 0. The van der Waals surface area contributed by atoms with E-state index < -0.39 is 0 Å². The fourth-order valence-corrected chi connectivity index (χ4v) is 1.47. The lowest BCUT2D eigenvalue weighted by atomic mass is 10.1. The Hall–Kier alpha value is -0.840. The fourth-order valence-electron chi connectivity index (χ4n) is 1.09. The summed E-state index contributed by atoms with van der Waals surface area (Å²) >= 11 is 3.43. The van der Waals surface area contributed by atoms with Gasteiger partial charge in [0.15, 0.2) is 5.82 Å². The third-order valence-electron chi connectivity index (χ3n) is 2.55. The molecular formula is C10H16BrN3O. The molecule has 0 aromatic carbocycles. The van der Waals surface area contributed by atoms with E-state index in [9.17, 15) is 4.79 Å². The van der Waals surface area contributed by atoms with Crippen molar-refractivity contribution in [3.8, 4) is 0 Å². The van der Waals surface area contributed by atoms with Crippen molar-refractivity contribution in [2.45, 2.75) is 19.4 Å². The highest BCUT2D eigenvalue weighted by Gasteiger charge is 2.25. The first-order chi connectivity index (χ1) is 6.90. The zero-order valence-electron chi connectivity index (χ0n) is 9.49. The molecule has 0 saturated heterocycles. The third kappa shape index (κ3) is 2.40. The van der Waals surface area contributed by atoms with Gasteiger partial charge in [0.1, 0.15) is 0 Å². The Morgan fingerprint density at radius 1 is 1.60 bits per heavy atom. The summed E-state index contributed by atoms with van der Waals surface area (Å²) in [4.78, 5) is 17.8. The second kappa shape index (κ2) is 4.35. The van der Waals surface area contributed by atoms with Crippen LogP contribution < -0.4 is 10.5 Å². The van der Waals surface area contributed by atoms with Crippen LogP contribution in [0, 0.1) is 0 Å². The van der Waals surface area contributed by atoms with Gasteiger partial charge in [-0.2, -0.15) is 0 Å². The number of aryl methyl sites for hydroxylation is 1. The van der Waals surface area contributed by atoms with Crippen molar-refractivity contribution in [2.75, 3.05) is 17.3 Å². The van der Waals surface area contributed by atoms with Gasteiger partial charge in [0.25, 0.3) is 5.56 Å². The predicted octanol–water partition coefficient (Wildman–Crippen LogP) is 1.39. The maximum Gasteiger partial charge on any atom is 0.293 e. The van der Waals surface area contributed by atoms with Crippen LogP contribution in [0.1, 0.15) is 13.8 Å². The van der Waals surface area contributed by atoms with Gasteiger partial charge in [0.2, 0.25) is 0 Å². The minimum absolute atomic E-state index is 0.0750. The summed E-state index contributed by atoms with van der Waals surface area (Å²) in [6.45, 7) is 4.10. The molecule has 0 saturated carbocycles. The molecule has 0 fully saturated rings. The Labute approximate surface area is 98.1 Å². The van der Waals surface area contributed by atoms with Crippen molar-refractivity contribution in [1.29, 1.82) is 0 Å². The topological polar surface area (TPSA) is 38.1 Å². The zero-order valence-corrected chi connectivity index (χ0v) is 11.1. The number of anilines is 1. The van der Waals surface area contributed by atoms with Crippen LogP contribution in [0.15, 0.2) is 17.2 Å². The molecule has 0 unspecified atom stereocenters. The molecule has 5 heteroatoms. The third-order valence-corrected chi connectivity index (χ3v) is 3.92. The molecule has 4 nitrogen and oxygen atoms in total. The van der Waals surface area contributed by atoms with E-state index in [4.69, 9.17) is 0 Å². The molecule has 1 heterocycles. The van der Waals surface area contributed by atoms with Crippen molar-refractivity contribution in [3.63, 3.8) is 0 Å². The molecule has 0 radical (unpaired) electrons. The largest absolute Gasteiger partial charge is 0.349 e. The van der Waals surface area contributed by atoms with Gasteiger partial charge in [-0.25, -0.2) is 4.98 Å². The molecule has 0 N–H and O–H groups in total. The second-order valence-corrected chi connectivity index (χ2v) is 4.73. The number of alkyl halides is 1. The van der Waals surface area contributed by atoms with Crippen molar-refractivity contribution in [2.24, 2.45) is 7.05 Å². The second-order valence-electron chi connectivity index (χ2n) is 4.17. The molecule has 1 aromatic rings. The minimum Gasteiger partial charge on any atom is -0.349 e. The lowest BCUT2D eigenvalue weighted by Crippen LogP contribution is -2.46. The summed E-state index contributed by atoms with van der Waals surface area (Å²) in [5.74, 6) is 0.476. The summed E-state index contributed by atoms with van der Waals surface area (Å²) < 4.78 is 1.53. The van der Waals surface area contributed by atoms with Crippen LogP contribution in [-0.4, -0.2) is 27.5 Å². The maximum atomic E-state index is 11.8. The van der Waals surface area contributed by atoms with Gasteiger partial charge >= 0.3 is 0 Å². The van der Waals surface area contributed by atoms with Crippen LogP contribution in [-0.2, 0) is 7.05 Å². The number of nitrogens with zero attached hydrogens (tertiary/aromatic N) is 3. The van der Waals surface area contributed by atoms with E-state index in [2.05, 4.69) is 34.8 Å². The normalized spacial score (nSPS) is 11.5. The van der Waals surface area contributed by atoms with Crippen LogP contribution in [0.3, 0.4) is 0 Å². The molecule has 0 aliphatic heterocycles. The first-order valence-corrected chi connectivity index (χ1v) is 5.83. The first-order valence-electron chi connectivity index (χ1n) is 4.71. The van der Waals surface area contributed by atoms with E-state index in [1.165, 1.54) is 4.57 Å². The quantitative estimate of drug-likeness (QED) is 0.782. The predicted molar refractivity (Wildman–Crippen MR) is 65.8 cm³/mol. The minimum atomic E-state index is -0.138. The van der Waals surface area contributed by atoms with Gasteiger partial charge in [-0.3, -0.25) is 4.79 Å². The molecule has 84 valence electrons. The van der Waals surface area contributed by atoms with E-state index in [0.717, 1.165) is 5.33 Å². The average Bonchev–Trinajstić information content (AvgIpc) is 2.21. The molecule has 15 heavy (non-hydrogen) atoms. The molecule has 1 rings (SSSR count). The van der Waals surface area contributed by atoms with Crippen LogP contribution in [0.2, 0.25) is 0 Å². The van der Waals surface area contributed by atoms with Gasteiger partial charge in [-0.05, 0) is 13.8 Å². The monoisotopic (exact) mass is 273 g/mol. The molecular weight excluding hydrogens is 258 g/mol. The van der Waals surface area contributed by atoms with Gasteiger partial charge in [0.05, 0.1) is 0 Å². The van der Waals surface area contributed by atoms with Gasteiger partial charge in [-0.15, -0.1) is 0 Å². The SMILES string of the molecule is CN(c1nccn(C)c1=O)C(C)(C)CBr. The number of aromatic nitrogens is 2. The lowest BCUT2D eigenvalue weighted by molar-refractivity contribution is 0.542. The molecule has 0 aliphatic carbocycles. The summed E-state index contributed by atoms with van der Waals surface area (Å²) in [7, 11) is 3.60. The van der Waals surface area contributed by atoms with E-state index in [1.54, 1.807) is 19.4 Å².